The molecular formula is C49H38BrFN4O10. The summed E-state index contributed by atoms with van der Waals surface area (Å²) in [6.45, 7) is 5.86. The first-order valence-electron chi connectivity index (χ1n) is 20.1. The minimum Gasteiger partial charge on any atom is -0.478 e. The zero-order valence-electron chi connectivity index (χ0n) is 34.9. The van der Waals surface area contributed by atoms with E-state index >= 15 is 0 Å². The number of halogens is 2. The first-order chi connectivity index (χ1) is 31.3. The summed E-state index contributed by atoms with van der Waals surface area (Å²) in [4.78, 5) is 48.9. The smallest absolute Gasteiger partial charge is 0.337 e. The standard InChI is InChI=1S/C21H22N2O4.C14H8BrNO3.C14H8FNO3/c1-13-11-23(12-14(2)26-13)17-7-8-18-19(10-17)27-20(22-18)15-5-4-6-16(9-15)21(24)25-3;15-10-4-1-8(2-5-10)13-16-11-7-9(14(17)18)3-6-12(11)19-13;15-10-4-5-11-12(7-10)19-13(16-11)8-2-1-3-9(6-8)14(17)18/h4-10,13-14H,11-12H2,1-3H3;2*1-7H,(H,17,18). The average Bonchev–Trinajstić information content (AvgIpc) is 4.06. The number of anilines is 1. The second-order valence-corrected chi connectivity index (χ2v) is 15.9. The van der Waals surface area contributed by atoms with Crippen molar-refractivity contribution < 1.29 is 51.7 Å². The Morgan fingerprint density at radius 3 is 1.78 bits per heavy atom. The molecule has 65 heavy (non-hydrogen) atoms. The summed E-state index contributed by atoms with van der Waals surface area (Å²) in [6.07, 6.45) is 0.381. The molecule has 2 N–H and O–H groups in total. The molecule has 1 aliphatic heterocycles. The van der Waals surface area contributed by atoms with Crippen LogP contribution in [-0.4, -0.2) is 75.5 Å². The van der Waals surface area contributed by atoms with Gasteiger partial charge in [0, 0.05) is 52.1 Å². The molecule has 9 aromatic rings. The molecule has 2 unspecified atom stereocenters. The number of hydrogen-bond donors (Lipinski definition) is 2. The number of carbonyl (C=O) groups is 3. The highest BCUT2D eigenvalue weighted by atomic mass is 79.9. The molecule has 328 valence electrons. The van der Waals surface area contributed by atoms with Crippen LogP contribution in [0, 0.1) is 5.82 Å². The first-order valence-corrected chi connectivity index (χ1v) is 20.9. The second kappa shape index (κ2) is 19.0. The van der Waals surface area contributed by atoms with Gasteiger partial charge in [0.05, 0.1) is 36.0 Å². The first kappa shape index (κ1) is 43.9. The lowest BCUT2D eigenvalue weighted by atomic mass is 10.1. The highest BCUT2D eigenvalue weighted by molar-refractivity contribution is 9.10. The number of nitrogens with zero attached hydrogens (tertiary/aromatic N) is 4. The van der Waals surface area contributed by atoms with Crippen molar-refractivity contribution in [2.75, 3.05) is 25.1 Å². The Bertz CT molecular complexity index is 3190. The molecule has 4 heterocycles. The molecule has 1 saturated heterocycles. The fourth-order valence-corrected chi connectivity index (χ4v) is 7.37. The molecule has 0 aliphatic carbocycles. The molecule has 1 fully saturated rings. The summed E-state index contributed by atoms with van der Waals surface area (Å²) in [7, 11) is 1.36. The lowest BCUT2D eigenvalue weighted by molar-refractivity contribution is -0.00522. The van der Waals surface area contributed by atoms with Crippen LogP contribution in [0.5, 0.6) is 0 Å². The summed E-state index contributed by atoms with van der Waals surface area (Å²) >= 11 is 3.36. The Hall–Kier alpha value is -7.69. The number of aromatic carboxylic acids is 2. The van der Waals surface area contributed by atoms with E-state index in [1.165, 1.54) is 49.6 Å². The molecule has 6 aromatic carbocycles. The molecule has 16 heteroatoms. The van der Waals surface area contributed by atoms with Crippen LogP contribution < -0.4 is 4.90 Å². The zero-order chi connectivity index (χ0) is 45.8. The molecule has 1 aliphatic rings. The second-order valence-electron chi connectivity index (χ2n) is 14.9. The van der Waals surface area contributed by atoms with Crippen molar-refractivity contribution in [2.45, 2.75) is 26.1 Å². The number of oxazole rings is 3. The number of carboxylic acid groups (broad SMARTS) is 2. The maximum atomic E-state index is 13.1. The number of ether oxygens (including phenoxy) is 2. The molecule has 0 bridgehead atoms. The van der Waals surface area contributed by atoms with Gasteiger partial charge in [-0.25, -0.2) is 33.7 Å². The van der Waals surface area contributed by atoms with Crippen molar-refractivity contribution in [3.05, 3.63) is 154 Å². The summed E-state index contributed by atoms with van der Waals surface area (Å²) in [5.41, 5.74) is 7.49. The van der Waals surface area contributed by atoms with Gasteiger partial charge >= 0.3 is 17.9 Å². The molecule has 0 radical (unpaired) electrons. The van der Waals surface area contributed by atoms with Gasteiger partial charge in [-0.3, -0.25) is 0 Å². The van der Waals surface area contributed by atoms with Gasteiger partial charge < -0.3 is 37.8 Å². The van der Waals surface area contributed by atoms with Gasteiger partial charge in [-0.05, 0) is 117 Å². The lowest BCUT2D eigenvalue weighted by Gasteiger charge is -2.36. The fraction of sp³-hybridized carbons (Fsp3) is 0.143. The van der Waals surface area contributed by atoms with Crippen molar-refractivity contribution >= 4 is 72.8 Å². The Kier molecular flexibility index (Phi) is 12.8. The van der Waals surface area contributed by atoms with Gasteiger partial charge in [-0.1, -0.05) is 28.1 Å². The van der Waals surface area contributed by atoms with Crippen LogP contribution in [-0.2, 0) is 9.47 Å². The predicted molar refractivity (Wildman–Crippen MR) is 243 cm³/mol. The van der Waals surface area contributed by atoms with Crippen molar-refractivity contribution in [3.63, 3.8) is 0 Å². The Morgan fingerprint density at radius 1 is 0.615 bits per heavy atom. The maximum Gasteiger partial charge on any atom is 0.337 e. The Morgan fingerprint density at radius 2 is 1.15 bits per heavy atom. The van der Waals surface area contributed by atoms with Gasteiger partial charge in [0.1, 0.15) is 22.4 Å². The van der Waals surface area contributed by atoms with E-state index in [2.05, 4.69) is 55.7 Å². The van der Waals surface area contributed by atoms with Crippen LogP contribution >= 0.6 is 15.9 Å². The number of carbonyl (C=O) groups excluding carboxylic acids is 1. The number of esters is 1. The highest BCUT2D eigenvalue weighted by Crippen LogP contribution is 2.31. The largest absolute Gasteiger partial charge is 0.478 e. The average molecular weight is 942 g/mol. The number of fused-ring (bicyclic) bond motifs is 3. The van der Waals surface area contributed by atoms with E-state index in [0.29, 0.717) is 45.1 Å². The third kappa shape index (κ3) is 10.2. The van der Waals surface area contributed by atoms with Crippen LogP contribution in [0.3, 0.4) is 0 Å². The number of carboxylic acids is 2. The quantitative estimate of drug-likeness (QED) is 0.143. The number of aromatic nitrogens is 3. The van der Waals surface area contributed by atoms with Crippen molar-refractivity contribution in [1.82, 2.24) is 15.0 Å². The maximum absolute atomic E-state index is 13.1. The number of benzene rings is 6. The summed E-state index contributed by atoms with van der Waals surface area (Å²) < 4.78 is 41.6. The fourth-order valence-electron chi connectivity index (χ4n) is 7.10. The van der Waals surface area contributed by atoms with Crippen LogP contribution in [0.2, 0.25) is 0 Å². The number of morpholine rings is 1. The lowest BCUT2D eigenvalue weighted by Crippen LogP contribution is -2.45. The monoisotopic (exact) mass is 940 g/mol. The van der Waals surface area contributed by atoms with Crippen molar-refractivity contribution in [3.8, 4) is 34.4 Å². The molecule has 3 aromatic heterocycles. The minimum atomic E-state index is -1.02. The van der Waals surface area contributed by atoms with Crippen LogP contribution in [0.1, 0.15) is 44.9 Å². The van der Waals surface area contributed by atoms with E-state index in [1.54, 1.807) is 36.4 Å². The van der Waals surface area contributed by atoms with Crippen molar-refractivity contribution in [1.29, 1.82) is 0 Å². The third-order valence-electron chi connectivity index (χ3n) is 10.1. The van der Waals surface area contributed by atoms with Crippen LogP contribution in [0.4, 0.5) is 10.1 Å². The normalized spacial score (nSPS) is 14.6. The summed E-state index contributed by atoms with van der Waals surface area (Å²) in [6, 6.07) is 35.6. The van der Waals surface area contributed by atoms with E-state index in [4.69, 9.17) is 32.9 Å². The SMILES string of the molecule is COC(=O)c1cccc(-c2nc3ccc(N4CC(C)OC(C)C4)cc3o2)c1.O=C(O)c1ccc2oc(-c3ccc(Br)cc3)nc2c1.O=C(O)c1cccc(-c2nc3ccc(F)cc3o2)c1. The van der Waals surface area contributed by atoms with Gasteiger partial charge in [-0.15, -0.1) is 0 Å². The predicted octanol–water partition coefficient (Wildman–Crippen LogP) is 11.2. The van der Waals surface area contributed by atoms with E-state index in [1.807, 2.05) is 42.5 Å². The van der Waals surface area contributed by atoms with Crippen LogP contribution in [0.25, 0.3) is 67.7 Å². The zero-order valence-corrected chi connectivity index (χ0v) is 36.5. The van der Waals surface area contributed by atoms with E-state index < -0.39 is 17.8 Å². The van der Waals surface area contributed by atoms with Gasteiger partial charge in [-0.2, -0.15) is 0 Å². The topological polar surface area (TPSA) is 191 Å². The van der Waals surface area contributed by atoms with Crippen molar-refractivity contribution in [2.24, 2.45) is 0 Å². The van der Waals surface area contributed by atoms with Gasteiger partial charge in [0.2, 0.25) is 17.7 Å². The van der Waals surface area contributed by atoms with Crippen LogP contribution in [0.15, 0.2) is 145 Å². The third-order valence-corrected chi connectivity index (χ3v) is 10.6. The minimum absolute atomic E-state index is 0.144. The Balaban J connectivity index is 0.000000136. The number of methoxy groups -OCH3 is 1. The molecule has 0 amide bonds. The van der Waals surface area contributed by atoms with Gasteiger partial charge in [0.25, 0.3) is 0 Å². The molecule has 14 nitrogen and oxygen atoms in total. The number of hydrogen-bond acceptors (Lipinski definition) is 12. The molecular weight excluding hydrogens is 903 g/mol. The summed E-state index contributed by atoms with van der Waals surface area (Å²) in [5, 5.41) is 17.9. The highest BCUT2D eigenvalue weighted by Gasteiger charge is 2.23. The molecule has 2 atom stereocenters. The van der Waals surface area contributed by atoms with E-state index in [-0.39, 0.29) is 35.2 Å². The Labute approximate surface area is 378 Å². The summed E-state index contributed by atoms with van der Waals surface area (Å²) in [5.74, 6) is -1.57. The van der Waals surface area contributed by atoms with E-state index in [9.17, 15) is 18.8 Å². The molecule has 10 rings (SSSR count). The number of rotatable bonds is 7. The van der Waals surface area contributed by atoms with E-state index in [0.717, 1.165) is 45.5 Å². The molecule has 0 spiro atoms. The molecule has 0 saturated carbocycles. The van der Waals surface area contributed by atoms with Gasteiger partial charge in [0.15, 0.2) is 16.7 Å².